The lowest BCUT2D eigenvalue weighted by Gasteiger charge is -2.18. The maximum atomic E-state index is 13.7. The second kappa shape index (κ2) is 5.36. The van der Waals surface area contributed by atoms with E-state index in [4.69, 9.17) is 9.84 Å². The van der Waals surface area contributed by atoms with Gasteiger partial charge >= 0.3 is 5.97 Å². The first-order chi connectivity index (χ1) is 9.03. The number of hydrogen-bond acceptors (Lipinski definition) is 3. The van der Waals surface area contributed by atoms with Gasteiger partial charge in [-0.15, -0.1) is 0 Å². The Morgan fingerprint density at radius 3 is 2.58 bits per heavy atom. The maximum absolute atomic E-state index is 13.7. The maximum Gasteiger partial charge on any atom is 0.329 e. The Morgan fingerprint density at radius 2 is 2.00 bits per heavy atom. The molecule has 0 saturated heterocycles. The summed E-state index contributed by atoms with van der Waals surface area (Å²) >= 11 is 0. The van der Waals surface area contributed by atoms with Crippen LogP contribution in [0, 0.1) is 5.82 Å². The van der Waals surface area contributed by atoms with Crippen molar-refractivity contribution in [2.24, 2.45) is 0 Å². The number of aliphatic carboxylic acids is 1. The molecule has 1 fully saturated rings. The highest BCUT2D eigenvalue weighted by atomic mass is 19.1. The molecule has 1 aliphatic rings. The van der Waals surface area contributed by atoms with Crippen LogP contribution in [0.15, 0.2) is 24.3 Å². The average Bonchev–Trinajstić information content (AvgIpc) is 3.09. The van der Waals surface area contributed by atoms with Gasteiger partial charge in [0, 0.05) is 5.56 Å². The van der Waals surface area contributed by atoms with Crippen LogP contribution in [0.1, 0.15) is 18.4 Å². The molecule has 0 aromatic heterocycles. The van der Waals surface area contributed by atoms with E-state index < -0.39 is 24.0 Å². The lowest BCUT2D eigenvalue weighted by atomic mass is 10.0. The lowest BCUT2D eigenvalue weighted by Crippen LogP contribution is -2.38. The molecule has 0 unspecified atom stereocenters. The topological polar surface area (TPSA) is 75.6 Å². The van der Waals surface area contributed by atoms with E-state index in [9.17, 15) is 14.0 Å². The minimum atomic E-state index is -1.14. The van der Waals surface area contributed by atoms with Gasteiger partial charge in [-0.3, -0.25) is 4.79 Å². The third kappa shape index (κ3) is 3.29. The Hall–Kier alpha value is -1.95. The SMILES string of the molecule is O=C(O)COCC(=O)NC1(c2ccccc2F)CC1. The van der Waals surface area contributed by atoms with Crippen molar-refractivity contribution in [1.82, 2.24) is 5.32 Å². The summed E-state index contributed by atoms with van der Waals surface area (Å²) in [6, 6.07) is 6.29. The van der Waals surface area contributed by atoms with Gasteiger partial charge in [0.15, 0.2) is 0 Å². The van der Waals surface area contributed by atoms with Crippen LogP contribution in [0.5, 0.6) is 0 Å². The molecular weight excluding hydrogens is 253 g/mol. The fourth-order valence-corrected chi connectivity index (χ4v) is 1.97. The summed E-state index contributed by atoms with van der Waals surface area (Å²) in [6.07, 6.45) is 1.33. The van der Waals surface area contributed by atoms with Crippen molar-refractivity contribution in [3.05, 3.63) is 35.6 Å². The van der Waals surface area contributed by atoms with Crippen LogP contribution in [0.4, 0.5) is 4.39 Å². The van der Waals surface area contributed by atoms with Gasteiger partial charge in [0.25, 0.3) is 0 Å². The smallest absolute Gasteiger partial charge is 0.329 e. The number of carboxylic acids is 1. The molecule has 6 heteroatoms. The molecule has 1 saturated carbocycles. The molecule has 5 nitrogen and oxygen atoms in total. The van der Waals surface area contributed by atoms with Crippen LogP contribution in [0.3, 0.4) is 0 Å². The number of hydrogen-bond donors (Lipinski definition) is 2. The molecule has 1 aliphatic carbocycles. The second-order valence-corrected chi connectivity index (χ2v) is 4.50. The van der Waals surface area contributed by atoms with Gasteiger partial charge in [-0.2, -0.15) is 0 Å². The van der Waals surface area contributed by atoms with Gasteiger partial charge < -0.3 is 15.2 Å². The predicted molar refractivity (Wildman–Crippen MR) is 63.9 cm³/mol. The van der Waals surface area contributed by atoms with E-state index in [0.717, 1.165) is 0 Å². The first-order valence-electron chi connectivity index (χ1n) is 5.89. The number of amides is 1. The number of ether oxygens (including phenoxy) is 1. The highest BCUT2D eigenvalue weighted by molar-refractivity contribution is 5.79. The molecule has 1 aromatic carbocycles. The minimum Gasteiger partial charge on any atom is -0.480 e. The van der Waals surface area contributed by atoms with Gasteiger partial charge in [-0.1, -0.05) is 18.2 Å². The fraction of sp³-hybridized carbons (Fsp3) is 0.385. The van der Waals surface area contributed by atoms with E-state index in [1.54, 1.807) is 18.2 Å². The Morgan fingerprint density at radius 1 is 1.32 bits per heavy atom. The molecule has 0 heterocycles. The molecular formula is C13H14FNO4. The highest BCUT2D eigenvalue weighted by Crippen LogP contribution is 2.46. The van der Waals surface area contributed by atoms with Crippen LogP contribution in [-0.4, -0.2) is 30.2 Å². The van der Waals surface area contributed by atoms with Crippen molar-refractivity contribution < 1.29 is 23.8 Å². The van der Waals surface area contributed by atoms with E-state index in [1.807, 2.05) is 0 Å². The largest absolute Gasteiger partial charge is 0.480 e. The van der Waals surface area contributed by atoms with Gasteiger partial charge in [0.05, 0.1) is 5.54 Å². The third-order valence-electron chi connectivity index (χ3n) is 2.98. The number of nitrogens with one attached hydrogen (secondary N) is 1. The first-order valence-corrected chi connectivity index (χ1v) is 5.89. The van der Waals surface area contributed by atoms with Crippen molar-refractivity contribution in [3.8, 4) is 0 Å². The summed E-state index contributed by atoms with van der Waals surface area (Å²) < 4.78 is 18.4. The van der Waals surface area contributed by atoms with Gasteiger partial charge in [-0.05, 0) is 18.9 Å². The zero-order chi connectivity index (χ0) is 13.9. The minimum absolute atomic E-state index is 0.345. The zero-order valence-corrected chi connectivity index (χ0v) is 10.2. The molecule has 19 heavy (non-hydrogen) atoms. The molecule has 0 spiro atoms. The fourth-order valence-electron chi connectivity index (χ4n) is 1.97. The van der Waals surface area contributed by atoms with E-state index in [2.05, 4.69) is 5.32 Å². The Labute approximate surface area is 109 Å². The summed E-state index contributed by atoms with van der Waals surface area (Å²) in [6.45, 7) is -0.872. The zero-order valence-electron chi connectivity index (χ0n) is 10.2. The highest BCUT2D eigenvalue weighted by Gasteiger charge is 2.47. The van der Waals surface area contributed by atoms with E-state index in [-0.39, 0.29) is 12.4 Å². The quantitative estimate of drug-likeness (QED) is 0.807. The standard InChI is InChI=1S/C13H14FNO4/c14-10-4-2-1-3-9(10)13(5-6-13)15-11(16)7-19-8-12(17)18/h1-4H,5-8H2,(H,15,16)(H,17,18). The van der Waals surface area contributed by atoms with Crippen molar-refractivity contribution in [3.63, 3.8) is 0 Å². The number of benzene rings is 1. The van der Waals surface area contributed by atoms with Gasteiger partial charge in [-0.25, -0.2) is 9.18 Å². The lowest BCUT2D eigenvalue weighted by molar-refractivity contribution is -0.143. The van der Waals surface area contributed by atoms with Crippen LogP contribution in [0.25, 0.3) is 0 Å². The summed E-state index contributed by atoms with van der Waals surface area (Å²) in [5.74, 6) is -1.93. The van der Waals surface area contributed by atoms with E-state index >= 15 is 0 Å². The third-order valence-corrected chi connectivity index (χ3v) is 2.98. The van der Waals surface area contributed by atoms with Crippen LogP contribution < -0.4 is 5.32 Å². The van der Waals surface area contributed by atoms with E-state index in [1.165, 1.54) is 6.07 Å². The molecule has 0 bridgehead atoms. The first kappa shape index (κ1) is 13.5. The van der Waals surface area contributed by atoms with Crippen molar-refractivity contribution in [1.29, 1.82) is 0 Å². The van der Waals surface area contributed by atoms with Crippen molar-refractivity contribution >= 4 is 11.9 Å². The van der Waals surface area contributed by atoms with Crippen LogP contribution in [-0.2, 0) is 19.9 Å². The summed E-state index contributed by atoms with van der Waals surface area (Å²) in [5, 5.41) is 11.1. The Balaban J connectivity index is 1.93. The number of halogens is 1. The molecule has 102 valence electrons. The summed E-state index contributed by atoms with van der Waals surface area (Å²) in [5.41, 5.74) is -0.198. The van der Waals surface area contributed by atoms with Crippen LogP contribution in [0.2, 0.25) is 0 Å². The summed E-state index contributed by atoms with van der Waals surface area (Å²) in [7, 11) is 0. The number of carbonyl (C=O) groups excluding carboxylic acids is 1. The second-order valence-electron chi connectivity index (χ2n) is 4.50. The molecule has 1 aromatic rings. The average molecular weight is 267 g/mol. The van der Waals surface area contributed by atoms with Crippen molar-refractivity contribution in [2.75, 3.05) is 13.2 Å². The molecule has 2 rings (SSSR count). The number of carbonyl (C=O) groups is 2. The molecule has 1 amide bonds. The van der Waals surface area contributed by atoms with Crippen LogP contribution >= 0.6 is 0 Å². The van der Waals surface area contributed by atoms with Gasteiger partial charge in [0.1, 0.15) is 19.0 Å². The molecule has 0 atom stereocenters. The summed E-state index contributed by atoms with van der Waals surface area (Å²) in [4.78, 5) is 21.9. The Kier molecular flexibility index (Phi) is 3.80. The molecule has 0 radical (unpaired) electrons. The normalized spacial score (nSPS) is 15.8. The monoisotopic (exact) mass is 267 g/mol. The van der Waals surface area contributed by atoms with Gasteiger partial charge in [0.2, 0.25) is 5.91 Å². The molecule has 0 aliphatic heterocycles. The number of rotatable bonds is 6. The van der Waals surface area contributed by atoms with Crippen molar-refractivity contribution in [2.45, 2.75) is 18.4 Å². The molecule has 2 N–H and O–H groups in total. The van der Waals surface area contributed by atoms with E-state index in [0.29, 0.717) is 18.4 Å². The number of carboxylic acid groups (broad SMARTS) is 1. The Bertz CT molecular complexity index is 499. The predicted octanol–water partition coefficient (Wildman–Crippen LogP) is 1.03.